The normalized spacial score (nSPS) is 11.4. The van der Waals surface area contributed by atoms with Crippen LogP contribution in [0, 0.1) is 20.8 Å². The summed E-state index contributed by atoms with van der Waals surface area (Å²) in [5.41, 5.74) is 7.72. The van der Waals surface area contributed by atoms with Crippen LogP contribution in [-0.4, -0.2) is 4.57 Å². The second kappa shape index (κ2) is 4.74. The van der Waals surface area contributed by atoms with Gasteiger partial charge in [-0.2, -0.15) is 0 Å². The Hall–Kier alpha value is -2.54. The van der Waals surface area contributed by atoms with E-state index in [4.69, 9.17) is 0 Å². The number of fused-ring (bicyclic) bond motifs is 3. The van der Waals surface area contributed by atoms with Gasteiger partial charge in [0.25, 0.3) is 0 Å². The fourth-order valence-corrected chi connectivity index (χ4v) is 3.32. The molecule has 0 aliphatic heterocycles. The maximum atomic E-state index is 2.40. The highest BCUT2D eigenvalue weighted by atomic mass is 15.0. The Morgan fingerprint density at radius 1 is 0.636 bits per heavy atom. The molecule has 4 rings (SSSR count). The smallest absolute Gasteiger partial charge is 0.0543 e. The standard InChI is InChI=1S/C21H19N/c1-14-9-11-20-18(12-14)17-10-8-15(2)13-21(17)22(20)19-7-5-4-6-16(19)3/h4-13H,1-3H3. The van der Waals surface area contributed by atoms with Crippen molar-refractivity contribution in [2.24, 2.45) is 0 Å². The van der Waals surface area contributed by atoms with Gasteiger partial charge < -0.3 is 4.57 Å². The monoisotopic (exact) mass is 285 g/mol. The topological polar surface area (TPSA) is 4.93 Å². The van der Waals surface area contributed by atoms with E-state index in [1.54, 1.807) is 0 Å². The lowest BCUT2D eigenvalue weighted by Gasteiger charge is -2.11. The van der Waals surface area contributed by atoms with Crippen molar-refractivity contribution in [1.82, 2.24) is 4.57 Å². The molecule has 0 N–H and O–H groups in total. The van der Waals surface area contributed by atoms with Crippen LogP contribution in [0.5, 0.6) is 0 Å². The Kier molecular flexibility index (Phi) is 2.83. The van der Waals surface area contributed by atoms with Crippen LogP contribution in [0.1, 0.15) is 16.7 Å². The summed E-state index contributed by atoms with van der Waals surface area (Å²) in [7, 11) is 0. The van der Waals surface area contributed by atoms with Gasteiger partial charge in [0, 0.05) is 16.5 Å². The van der Waals surface area contributed by atoms with Crippen molar-refractivity contribution in [2.45, 2.75) is 20.8 Å². The molecule has 0 atom stereocenters. The number of benzene rings is 3. The SMILES string of the molecule is Cc1ccc2c(c1)c1ccc(C)cc1n2-c1ccccc1C. The number of para-hydroxylation sites is 1. The molecule has 1 aromatic heterocycles. The van der Waals surface area contributed by atoms with Gasteiger partial charge in [0.15, 0.2) is 0 Å². The van der Waals surface area contributed by atoms with E-state index in [0.717, 1.165) is 0 Å². The van der Waals surface area contributed by atoms with E-state index in [-0.39, 0.29) is 0 Å². The molecule has 0 saturated carbocycles. The van der Waals surface area contributed by atoms with Gasteiger partial charge in [-0.1, -0.05) is 42.0 Å². The first-order valence-corrected chi connectivity index (χ1v) is 7.72. The highest BCUT2D eigenvalue weighted by Crippen LogP contribution is 2.33. The molecule has 0 spiro atoms. The zero-order valence-corrected chi connectivity index (χ0v) is 13.2. The zero-order valence-electron chi connectivity index (χ0n) is 13.2. The summed E-state index contributed by atoms with van der Waals surface area (Å²) in [5, 5.41) is 2.66. The first-order valence-electron chi connectivity index (χ1n) is 7.72. The number of hydrogen-bond donors (Lipinski definition) is 0. The van der Waals surface area contributed by atoms with Crippen molar-refractivity contribution in [3.8, 4) is 5.69 Å². The van der Waals surface area contributed by atoms with Gasteiger partial charge >= 0.3 is 0 Å². The fraction of sp³-hybridized carbons (Fsp3) is 0.143. The van der Waals surface area contributed by atoms with E-state index in [1.165, 1.54) is 44.2 Å². The lowest BCUT2D eigenvalue weighted by atomic mass is 10.1. The Labute approximate surface area is 130 Å². The van der Waals surface area contributed by atoms with Gasteiger partial charge in [-0.3, -0.25) is 0 Å². The lowest BCUT2D eigenvalue weighted by Crippen LogP contribution is -1.96. The quantitative estimate of drug-likeness (QED) is 0.422. The molecular formula is C21H19N. The summed E-state index contributed by atoms with van der Waals surface area (Å²) in [4.78, 5) is 0. The molecule has 0 aliphatic rings. The molecule has 0 amide bonds. The van der Waals surface area contributed by atoms with Crippen LogP contribution in [-0.2, 0) is 0 Å². The van der Waals surface area contributed by atoms with Crippen LogP contribution in [0.25, 0.3) is 27.5 Å². The molecule has 0 unspecified atom stereocenters. The molecule has 3 aromatic carbocycles. The van der Waals surface area contributed by atoms with Gasteiger partial charge in [0.2, 0.25) is 0 Å². The molecule has 4 aromatic rings. The van der Waals surface area contributed by atoms with E-state index in [0.29, 0.717) is 0 Å². The first-order chi connectivity index (χ1) is 10.6. The van der Waals surface area contributed by atoms with Gasteiger partial charge in [0.1, 0.15) is 0 Å². The third-order valence-corrected chi connectivity index (χ3v) is 4.43. The van der Waals surface area contributed by atoms with E-state index in [2.05, 4.69) is 86.0 Å². The molecule has 22 heavy (non-hydrogen) atoms. The number of aromatic nitrogens is 1. The van der Waals surface area contributed by atoms with Crippen LogP contribution >= 0.6 is 0 Å². The molecule has 0 saturated heterocycles. The predicted octanol–water partition coefficient (Wildman–Crippen LogP) is 5.71. The van der Waals surface area contributed by atoms with Gasteiger partial charge in [0.05, 0.1) is 11.0 Å². The lowest BCUT2D eigenvalue weighted by molar-refractivity contribution is 1.15. The zero-order chi connectivity index (χ0) is 15.3. The van der Waals surface area contributed by atoms with Crippen molar-refractivity contribution in [3.05, 3.63) is 77.4 Å². The predicted molar refractivity (Wildman–Crippen MR) is 95.0 cm³/mol. The minimum Gasteiger partial charge on any atom is -0.309 e. The number of nitrogens with zero attached hydrogens (tertiary/aromatic N) is 1. The summed E-state index contributed by atoms with van der Waals surface area (Å²) in [6.45, 7) is 6.49. The second-order valence-corrected chi connectivity index (χ2v) is 6.16. The average Bonchev–Trinajstić information content (AvgIpc) is 2.80. The van der Waals surface area contributed by atoms with E-state index >= 15 is 0 Å². The maximum absolute atomic E-state index is 2.40. The van der Waals surface area contributed by atoms with Crippen molar-refractivity contribution < 1.29 is 0 Å². The molecule has 1 nitrogen and oxygen atoms in total. The van der Waals surface area contributed by atoms with Crippen LogP contribution in [0.2, 0.25) is 0 Å². The average molecular weight is 285 g/mol. The maximum Gasteiger partial charge on any atom is 0.0543 e. The molecule has 0 aliphatic carbocycles. The van der Waals surface area contributed by atoms with E-state index in [9.17, 15) is 0 Å². The van der Waals surface area contributed by atoms with Crippen molar-refractivity contribution in [2.75, 3.05) is 0 Å². The third-order valence-electron chi connectivity index (χ3n) is 4.43. The fourth-order valence-electron chi connectivity index (χ4n) is 3.32. The summed E-state index contributed by atoms with van der Waals surface area (Å²) in [5.74, 6) is 0. The van der Waals surface area contributed by atoms with Crippen LogP contribution in [0.4, 0.5) is 0 Å². The third kappa shape index (κ3) is 1.86. The first kappa shape index (κ1) is 13.1. The molecule has 0 bridgehead atoms. The Morgan fingerprint density at radius 3 is 2.18 bits per heavy atom. The Morgan fingerprint density at radius 2 is 1.36 bits per heavy atom. The van der Waals surface area contributed by atoms with Crippen LogP contribution in [0.15, 0.2) is 60.7 Å². The van der Waals surface area contributed by atoms with Gasteiger partial charge in [-0.15, -0.1) is 0 Å². The number of rotatable bonds is 1. The summed E-state index contributed by atoms with van der Waals surface area (Å²) >= 11 is 0. The van der Waals surface area contributed by atoms with Crippen LogP contribution in [0.3, 0.4) is 0 Å². The minimum atomic E-state index is 1.26. The molecule has 0 fully saturated rings. The van der Waals surface area contributed by atoms with Crippen molar-refractivity contribution in [3.63, 3.8) is 0 Å². The summed E-state index contributed by atoms with van der Waals surface area (Å²) in [6, 6.07) is 22.1. The molecular weight excluding hydrogens is 266 g/mol. The summed E-state index contributed by atoms with van der Waals surface area (Å²) < 4.78 is 2.40. The Balaban J connectivity index is 2.24. The highest BCUT2D eigenvalue weighted by Gasteiger charge is 2.13. The molecule has 1 heterocycles. The van der Waals surface area contributed by atoms with Crippen molar-refractivity contribution in [1.29, 1.82) is 0 Å². The Bertz CT molecular complexity index is 1010. The molecule has 108 valence electrons. The van der Waals surface area contributed by atoms with Gasteiger partial charge in [-0.25, -0.2) is 0 Å². The number of hydrogen-bond acceptors (Lipinski definition) is 0. The highest BCUT2D eigenvalue weighted by molar-refractivity contribution is 6.09. The molecule has 1 heteroatoms. The second-order valence-electron chi connectivity index (χ2n) is 6.16. The summed E-state index contributed by atoms with van der Waals surface area (Å²) in [6.07, 6.45) is 0. The van der Waals surface area contributed by atoms with Crippen LogP contribution < -0.4 is 0 Å². The minimum absolute atomic E-state index is 1.26. The number of aryl methyl sites for hydroxylation is 3. The van der Waals surface area contributed by atoms with Gasteiger partial charge in [-0.05, 0) is 56.2 Å². The molecule has 0 radical (unpaired) electrons. The largest absolute Gasteiger partial charge is 0.309 e. The van der Waals surface area contributed by atoms with Crippen molar-refractivity contribution >= 4 is 21.8 Å². The van der Waals surface area contributed by atoms with E-state index in [1.807, 2.05) is 0 Å². The van der Waals surface area contributed by atoms with E-state index < -0.39 is 0 Å².